The van der Waals surface area contributed by atoms with Crippen LogP contribution in [0.2, 0.25) is 0 Å². The molecule has 0 bridgehead atoms. The maximum absolute atomic E-state index is 14.4. The molecule has 1 aromatic carbocycles. The third-order valence-corrected chi connectivity index (χ3v) is 6.22. The number of benzene rings is 1. The highest BCUT2D eigenvalue weighted by molar-refractivity contribution is 5.89. The molecule has 0 aromatic heterocycles. The Morgan fingerprint density at radius 3 is 1.63 bits per heavy atom. The van der Waals surface area contributed by atoms with E-state index in [-0.39, 0.29) is 18.9 Å². The van der Waals surface area contributed by atoms with E-state index in [1.54, 1.807) is 0 Å². The van der Waals surface area contributed by atoms with Crippen LogP contribution in [0.4, 0.5) is 69.3 Å². The van der Waals surface area contributed by atoms with E-state index in [1.807, 2.05) is 19.2 Å². The molecule has 1 aromatic rings. The summed E-state index contributed by atoms with van der Waals surface area (Å²) < 4.78 is 161. The van der Waals surface area contributed by atoms with Gasteiger partial charge in [0.25, 0.3) is 0 Å². The SMILES string of the molecule is CCCCCCCOC(=O)Nc1ccc(NC(=O)OCCCCCCC)c(OC(F)=C(F)C(F)(F)C(F)(F)C(F)(F)C(F)(F)F)c1. The van der Waals surface area contributed by atoms with Gasteiger partial charge in [-0.3, -0.25) is 10.6 Å². The van der Waals surface area contributed by atoms with Gasteiger partial charge in [0, 0.05) is 11.8 Å². The molecule has 0 aliphatic carbocycles. The number of halogens is 11. The molecule has 0 saturated heterocycles. The number of nitrogens with one attached hydrogen (secondary N) is 2. The molecule has 18 heteroatoms. The van der Waals surface area contributed by atoms with Crippen molar-refractivity contribution in [3.05, 3.63) is 30.0 Å². The third-order valence-electron chi connectivity index (χ3n) is 6.22. The number of ether oxygens (including phenoxy) is 3. The summed E-state index contributed by atoms with van der Waals surface area (Å²) in [5, 5.41) is 4.07. The first-order valence-corrected chi connectivity index (χ1v) is 14.3. The van der Waals surface area contributed by atoms with Crippen LogP contribution in [0.3, 0.4) is 0 Å². The normalized spacial score (nSPS) is 13.2. The van der Waals surface area contributed by atoms with Gasteiger partial charge in [-0.1, -0.05) is 65.2 Å². The van der Waals surface area contributed by atoms with Gasteiger partial charge in [0.05, 0.1) is 18.9 Å². The zero-order valence-corrected chi connectivity index (χ0v) is 24.9. The monoisotopic (exact) mass is 688 g/mol. The van der Waals surface area contributed by atoms with Crippen molar-refractivity contribution >= 4 is 23.6 Å². The summed E-state index contributed by atoms with van der Waals surface area (Å²) in [6.07, 6.45) is -1.76. The van der Waals surface area contributed by atoms with Gasteiger partial charge in [-0.25, -0.2) is 9.59 Å². The highest BCUT2D eigenvalue weighted by atomic mass is 19.4. The van der Waals surface area contributed by atoms with Crippen LogP contribution < -0.4 is 15.4 Å². The number of amides is 2. The molecule has 0 fully saturated rings. The van der Waals surface area contributed by atoms with Crippen molar-refractivity contribution in [2.75, 3.05) is 23.8 Å². The Hall–Kier alpha value is -3.47. The van der Waals surface area contributed by atoms with Crippen LogP contribution in [-0.4, -0.2) is 49.3 Å². The standard InChI is InChI=1S/C28H35F11N2O5/c1-3-5-7-9-11-15-44-23(42)40-18-13-14-19(41-24(43)45-16-12-10-8-6-4-2)20(17-18)46-22(30)21(29)25(31,32)26(33,34)27(35,36)28(37,38)39/h13-14,17H,3-12,15-16H2,1-2H3,(H,40,42)(H,41,43). The molecule has 46 heavy (non-hydrogen) atoms. The van der Waals surface area contributed by atoms with E-state index in [4.69, 9.17) is 9.47 Å². The number of anilines is 2. The lowest BCUT2D eigenvalue weighted by atomic mass is 10.0. The minimum absolute atomic E-state index is 0.0305. The summed E-state index contributed by atoms with van der Waals surface area (Å²) in [5.41, 5.74) is -1.08. The Bertz CT molecular complexity index is 1160. The number of carbonyl (C=O) groups excluding carboxylic acids is 2. The van der Waals surface area contributed by atoms with Crippen molar-refractivity contribution in [2.45, 2.75) is 102 Å². The van der Waals surface area contributed by atoms with E-state index in [0.29, 0.717) is 25.3 Å². The number of carbonyl (C=O) groups is 2. The summed E-state index contributed by atoms with van der Waals surface area (Å²) in [6, 6.07) is -0.966. The van der Waals surface area contributed by atoms with Crippen LogP contribution in [-0.2, 0) is 9.47 Å². The maximum atomic E-state index is 14.4. The Balaban J connectivity index is 3.26. The number of allylic oxidation sites excluding steroid dienone is 1. The predicted molar refractivity (Wildman–Crippen MR) is 145 cm³/mol. The van der Waals surface area contributed by atoms with E-state index in [9.17, 15) is 57.9 Å². The van der Waals surface area contributed by atoms with Gasteiger partial charge in [0.15, 0.2) is 5.75 Å². The first-order chi connectivity index (χ1) is 21.3. The largest absolute Gasteiger partial charge is 0.460 e. The minimum atomic E-state index is -7.52. The number of hydrogen-bond donors (Lipinski definition) is 2. The molecule has 0 atom stereocenters. The molecule has 0 spiro atoms. The molecular formula is C28H35F11N2O5. The van der Waals surface area contributed by atoms with Gasteiger partial charge in [-0.2, -0.15) is 48.3 Å². The molecular weight excluding hydrogens is 653 g/mol. The zero-order chi connectivity index (χ0) is 35.2. The second kappa shape index (κ2) is 18.0. The second-order valence-electron chi connectivity index (χ2n) is 9.97. The van der Waals surface area contributed by atoms with Crippen LogP contribution in [0.25, 0.3) is 0 Å². The summed E-state index contributed by atoms with van der Waals surface area (Å²) in [5.74, 6) is -27.4. The van der Waals surface area contributed by atoms with Crippen molar-refractivity contribution in [3.8, 4) is 5.75 Å². The van der Waals surface area contributed by atoms with E-state index < -0.39 is 59.4 Å². The summed E-state index contributed by atoms with van der Waals surface area (Å²) in [4.78, 5) is 24.3. The Morgan fingerprint density at radius 2 is 1.15 bits per heavy atom. The van der Waals surface area contributed by atoms with Crippen LogP contribution in [0, 0.1) is 0 Å². The lowest BCUT2D eigenvalue weighted by Crippen LogP contribution is -2.61. The van der Waals surface area contributed by atoms with E-state index in [1.165, 1.54) is 0 Å². The topological polar surface area (TPSA) is 85.9 Å². The zero-order valence-electron chi connectivity index (χ0n) is 24.9. The fourth-order valence-electron chi connectivity index (χ4n) is 3.61. The Morgan fingerprint density at radius 1 is 0.674 bits per heavy atom. The van der Waals surface area contributed by atoms with Gasteiger partial charge in [0.1, 0.15) is 0 Å². The molecule has 0 radical (unpaired) electrons. The van der Waals surface area contributed by atoms with Gasteiger partial charge < -0.3 is 14.2 Å². The smallest absolute Gasteiger partial charge is 0.449 e. The number of hydrogen-bond acceptors (Lipinski definition) is 5. The molecule has 0 heterocycles. The van der Waals surface area contributed by atoms with Crippen LogP contribution in [0.5, 0.6) is 5.75 Å². The summed E-state index contributed by atoms with van der Waals surface area (Å²) >= 11 is 0. The van der Waals surface area contributed by atoms with Crippen LogP contribution in [0.1, 0.15) is 78.1 Å². The summed E-state index contributed by atoms with van der Waals surface area (Å²) in [7, 11) is 0. The Labute approximate surface area is 257 Å². The maximum Gasteiger partial charge on any atom is 0.460 e. The number of alkyl halides is 9. The van der Waals surface area contributed by atoms with Crippen molar-refractivity contribution in [2.24, 2.45) is 0 Å². The quantitative estimate of drug-likeness (QED) is 0.0858. The van der Waals surface area contributed by atoms with E-state index >= 15 is 0 Å². The molecule has 2 amide bonds. The molecule has 0 aliphatic heterocycles. The van der Waals surface area contributed by atoms with Gasteiger partial charge in [-0.15, -0.1) is 0 Å². The van der Waals surface area contributed by atoms with Crippen molar-refractivity contribution in [1.82, 2.24) is 0 Å². The Kier molecular flexibility index (Phi) is 15.9. The lowest BCUT2D eigenvalue weighted by Gasteiger charge is -2.32. The van der Waals surface area contributed by atoms with Crippen molar-refractivity contribution in [1.29, 1.82) is 0 Å². The minimum Gasteiger partial charge on any atom is -0.449 e. The molecule has 0 unspecified atom stereocenters. The average Bonchev–Trinajstić information content (AvgIpc) is 2.96. The number of unbranched alkanes of at least 4 members (excludes halogenated alkanes) is 8. The molecule has 0 aliphatic rings. The molecule has 0 saturated carbocycles. The van der Waals surface area contributed by atoms with Crippen molar-refractivity contribution < 1.29 is 72.1 Å². The van der Waals surface area contributed by atoms with Gasteiger partial charge in [0.2, 0.25) is 5.83 Å². The first kappa shape index (κ1) is 40.6. The van der Waals surface area contributed by atoms with Crippen molar-refractivity contribution in [3.63, 3.8) is 0 Å². The molecule has 1 rings (SSSR count). The first-order valence-electron chi connectivity index (χ1n) is 14.3. The predicted octanol–water partition coefficient (Wildman–Crippen LogP) is 10.7. The highest BCUT2D eigenvalue weighted by Crippen LogP contribution is 2.56. The van der Waals surface area contributed by atoms with E-state index in [2.05, 4.69) is 10.1 Å². The van der Waals surface area contributed by atoms with Crippen LogP contribution in [0.15, 0.2) is 30.0 Å². The second-order valence-corrected chi connectivity index (χ2v) is 9.97. The number of rotatable bonds is 19. The van der Waals surface area contributed by atoms with Gasteiger partial charge in [-0.05, 0) is 25.0 Å². The lowest BCUT2D eigenvalue weighted by molar-refractivity contribution is -0.392. The molecule has 264 valence electrons. The fourth-order valence-corrected chi connectivity index (χ4v) is 3.61. The average molecular weight is 689 g/mol. The molecule has 7 nitrogen and oxygen atoms in total. The fraction of sp³-hybridized carbons (Fsp3) is 0.643. The van der Waals surface area contributed by atoms with Crippen LogP contribution >= 0.6 is 0 Å². The third kappa shape index (κ3) is 11.4. The summed E-state index contributed by atoms with van der Waals surface area (Å²) in [6.45, 7) is 3.81. The van der Waals surface area contributed by atoms with E-state index in [0.717, 1.165) is 57.1 Å². The highest BCUT2D eigenvalue weighted by Gasteiger charge is 2.83. The van der Waals surface area contributed by atoms with Gasteiger partial charge >= 0.3 is 42.1 Å². The molecule has 2 N–H and O–H groups in total.